The van der Waals surface area contributed by atoms with Crippen molar-refractivity contribution in [3.63, 3.8) is 0 Å². The van der Waals surface area contributed by atoms with Gasteiger partial charge in [0.2, 0.25) is 10.0 Å². The lowest BCUT2D eigenvalue weighted by Crippen LogP contribution is -2.50. The lowest BCUT2D eigenvalue weighted by atomic mass is 9.93. The summed E-state index contributed by atoms with van der Waals surface area (Å²) in [5.41, 5.74) is 0. The molecule has 1 saturated heterocycles. The Morgan fingerprint density at radius 2 is 2.06 bits per heavy atom. The van der Waals surface area contributed by atoms with Crippen LogP contribution in [0.1, 0.15) is 40.0 Å². The summed E-state index contributed by atoms with van der Waals surface area (Å²) in [5.74, 6) is 0.530. The SMILES string of the molecule is CCC1CCC(C)N(S(=O)(=O)C(C)CNC)C1. The Balaban J connectivity index is 2.81. The Kier molecular flexibility index (Phi) is 5.41. The molecule has 102 valence electrons. The van der Waals surface area contributed by atoms with Crippen molar-refractivity contribution in [2.24, 2.45) is 5.92 Å². The molecule has 1 aliphatic heterocycles. The number of piperidine rings is 1. The third-order valence-electron chi connectivity index (χ3n) is 3.83. The quantitative estimate of drug-likeness (QED) is 0.815. The van der Waals surface area contributed by atoms with Crippen molar-refractivity contribution in [2.75, 3.05) is 20.1 Å². The van der Waals surface area contributed by atoms with Crippen LogP contribution in [0.2, 0.25) is 0 Å². The molecule has 0 aromatic carbocycles. The minimum Gasteiger partial charge on any atom is -0.318 e. The number of sulfonamides is 1. The van der Waals surface area contributed by atoms with E-state index < -0.39 is 10.0 Å². The van der Waals surface area contributed by atoms with Crippen LogP contribution in [0.25, 0.3) is 0 Å². The highest BCUT2D eigenvalue weighted by molar-refractivity contribution is 7.89. The molecule has 1 rings (SSSR count). The number of hydrogen-bond acceptors (Lipinski definition) is 3. The van der Waals surface area contributed by atoms with E-state index in [-0.39, 0.29) is 11.3 Å². The van der Waals surface area contributed by atoms with E-state index in [9.17, 15) is 8.42 Å². The van der Waals surface area contributed by atoms with Crippen molar-refractivity contribution in [1.29, 1.82) is 0 Å². The van der Waals surface area contributed by atoms with E-state index in [1.54, 1.807) is 18.3 Å². The summed E-state index contributed by atoms with van der Waals surface area (Å²) in [6.45, 7) is 7.17. The van der Waals surface area contributed by atoms with Crippen molar-refractivity contribution in [1.82, 2.24) is 9.62 Å². The summed E-state index contributed by atoms with van der Waals surface area (Å²) in [4.78, 5) is 0. The molecule has 0 saturated carbocycles. The Hall–Kier alpha value is -0.130. The summed E-state index contributed by atoms with van der Waals surface area (Å²) >= 11 is 0. The monoisotopic (exact) mass is 262 g/mol. The molecule has 0 aliphatic carbocycles. The van der Waals surface area contributed by atoms with E-state index in [1.807, 2.05) is 6.92 Å². The molecule has 3 unspecified atom stereocenters. The predicted octanol–water partition coefficient (Wildman–Crippen LogP) is 1.43. The number of hydrogen-bond donors (Lipinski definition) is 1. The first-order valence-electron chi connectivity index (χ1n) is 6.58. The molecule has 0 amide bonds. The Bertz CT molecular complexity index is 329. The molecule has 0 radical (unpaired) electrons. The molecular weight excluding hydrogens is 236 g/mol. The largest absolute Gasteiger partial charge is 0.318 e. The van der Waals surface area contributed by atoms with E-state index in [2.05, 4.69) is 12.2 Å². The zero-order valence-electron chi connectivity index (χ0n) is 11.4. The highest BCUT2D eigenvalue weighted by Gasteiger charge is 2.36. The molecule has 1 fully saturated rings. The van der Waals surface area contributed by atoms with Gasteiger partial charge in [-0.25, -0.2) is 8.42 Å². The van der Waals surface area contributed by atoms with Gasteiger partial charge in [-0.3, -0.25) is 0 Å². The van der Waals surface area contributed by atoms with Crippen molar-refractivity contribution in [2.45, 2.75) is 51.3 Å². The fourth-order valence-electron chi connectivity index (χ4n) is 2.46. The van der Waals surface area contributed by atoms with E-state index in [0.29, 0.717) is 19.0 Å². The molecule has 1 heterocycles. The van der Waals surface area contributed by atoms with Crippen LogP contribution < -0.4 is 5.32 Å². The van der Waals surface area contributed by atoms with Crippen LogP contribution >= 0.6 is 0 Å². The highest BCUT2D eigenvalue weighted by atomic mass is 32.2. The van der Waals surface area contributed by atoms with Gasteiger partial charge in [-0.2, -0.15) is 4.31 Å². The Morgan fingerprint density at radius 1 is 1.41 bits per heavy atom. The number of rotatable bonds is 5. The average Bonchev–Trinajstić information content (AvgIpc) is 2.29. The van der Waals surface area contributed by atoms with E-state index >= 15 is 0 Å². The maximum absolute atomic E-state index is 12.4. The van der Waals surface area contributed by atoms with E-state index in [0.717, 1.165) is 19.3 Å². The summed E-state index contributed by atoms with van der Waals surface area (Å²) < 4.78 is 26.6. The van der Waals surface area contributed by atoms with Crippen LogP contribution in [0.3, 0.4) is 0 Å². The summed E-state index contributed by atoms with van der Waals surface area (Å²) in [7, 11) is -1.35. The fraction of sp³-hybridized carbons (Fsp3) is 1.00. The van der Waals surface area contributed by atoms with Gasteiger partial charge in [-0.05, 0) is 39.7 Å². The summed E-state index contributed by atoms with van der Waals surface area (Å²) in [5, 5.41) is 2.60. The van der Waals surface area contributed by atoms with Gasteiger partial charge in [0.15, 0.2) is 0 Å². The minimum atomic E-state index is -3.15. The minimum absolute atomic E-state index is 0.155. The maximum Gasteiger partial charge on any atom is 0.218 e. The van der Waals surface area contributed by atoms with Gasteiger partial charge in [-0.1, -0.05) is 13.3 Å². The first-order valence-corrected chi connectivity index (χ1v) is 8.09. The van der Waals surface area contributed by atoms with Crippen LogP contribution in [0, 0.1) is 5.92 Å². The molecule has 17 heavy (non-hydrogen) atoms. The van der Waals surface area contributed by atoms with Gasteiger partial charge >= 0.3 is 0 Å². The van der Waals surface area contributed by atoms with Crippen LogP contribution in [-0.4, -0.2) is 44.2 Å². The first kappa shape index (κ1) is 14.9. The average molecular weight is 262 g/mol. The van der Waals surface area contributed by atoms with Gasteiger partial charge in [0, 0.05) is 19.1 Å². The second kappa shape index (κ2) is 6.16. The molecule has 1 N–H and O–H groups in total. The second-order valence-electron chi connectivity index (χ2n) is 5.18. The van der Waals surface area contributed by atoms with Gasteiger partial charge < -0.3 is 5.32 Å². The Labute approximate surface area is 106 Å². The molecule has 3 atom stereocenters. The second-order valence-corrected chi connectivity index (χ2v) is 7.49. The third-order valence-corrected chi connectivity index (χ3v) is 6.17. The number of nitrogens with one attached hydrogen (secondary N) is 1. The maximum atomic E-state index is 12.4. The smallest absolute Gasteiger partial charge is 0.218 e. The highest BCUT2D eigenvalue weighted by Crippen LogP contribution is 2.27. The molecular formula is C12H26N2O2S. The number of nitrogens with zero attached hydrogens (tertiary/aromatic N) is 1. The first-order chi connectivity index (χ1) is 7.93. The predicted molar refractivity (Wildman–Crippen MR) is 71.5 cm³/mol. The summed E-state index contributed by atoms with van der Waals surface area (Å²) in [6, 6.07) is 0.155. The summed E-state index contributed by atoms with van der Waals surface area (Å²) in [6.07, 6.45) is 3.22. The van der Waals surface area contributed by atoms with E-state index in [4.69, 9.17) is 0 Å². The van der Waals surface area contributed by atoms with Crippen molar-refractivity contribution in [3.8, 4) is 0 Å². The molecule has 5 heteroatoms. The third kappa shape index (κ3) is 3.42. The molecule has 0 aromatic heterocycles. The zero-order valence-corrected chi connectivity index (χ0v) is 12.3. The Morgan fingerprint density at radius 3 is 2.59 bits per heavy atom. The molecule has 0 spiro atoms. The van der Waals surface area contributed by atoms with Gasteiger partial charge in [-0.15, -0.1) is 0 Å². The molecule has 4 nitrogen and oxygen atoms in total. The standard InChI is InChI=1S/C12H26N2O2S/c1-5-12-7-6-10(2)14(9-12)17(15,16)11(3)8-13-4/h10-13H,5-9H2,1-4H3. The van der Waals surface area contributed by atoms with E-state index in [1.165, 1.54) is 0 Å². The lowest BCUT2D eigenvalue weighted by Gasteiger charge is -2.38. The van der Waals surface area contributed by atoms with Crippen molar-refractivity contribution >= 4 is 10.0 Å². The van der Waals surface area contributed by atoms with Crippen molar-refractivity contribution < 1.29 is 8.42 Å². The normalized spacial score (nSPS) is 29.2. The van der Waals surface area contributed by atoms with Crippen LogP contribution in [-0.2, 0) is 10.0 Å². The lowest BCUT2D eigenvalue weighted by molar-refractivity contribution is 0.202. The van der Waals surface area contributed by atoms with Crippen LogP contribution in [0.4, 0.5) is 0 Å². The van der Waals surface area contributed by atoms with Crippen LogP contribution in [0.15, 0.2) is 0 Å². The van der Waals surface area contributed by atoms with Gasteiger partial charge in [0.05, 0.1) is 5.25 Å². The topological polar surface area (TPSA) is 49.4 Å². The molecule has 0 bridgehead atoms. The molecule has 0 aromatic rings. The van der Waals surface area contributed by atoms with Gasteiger partial charge in [0.25, 0.3) is 0 Å². The van der Waals surface area contributed by atoms with Crippen LogP contribution in [0.5, 0.6) is 0 Å². The zero-order chi connectivity index (χ0) is 13.1. The molecule has 1 aliphatic rings. The van der Waals surface area contributed by atoms with Gasteiger partial charge in [0.1, 0.15) is 0 Å². The fourth-order valence-corrected chi connectivity index (χ4v) is 4.32. The van der Waals surface area contributed by atoms with Crippen molar-refractivity contribution in [3.05, 3.63) is 0 Å².